The second-order valence-electron chi connectivity index (χ2n) is 3.14. The lowest BCUT2D eigenvalue weighted by Crippen LogP contribution is -2.02. The van der Waals surface area contributed by atoms with Gasteiger partial charge in [-0.1, -0.05) is 26.0 Å². The second kappa shape index (κ2) is 4.38. The van der Waals surface area contributed by atoms with Gasteiger partial charge in [0.15, 0.2) is 0 Å². The van der Waals surface area contributed by atoms with Crippen molar-refractivity contribution in [2.24, 2.45) is 5.73 Å². The first kappa shape index (κ1) is 10.2. The van der Waals surface area contributed by atoms with Gasteiger partial charge < -0.3 is 5.73 Å². The van der Waals surface area contributed by atoms with Crippen LogP contribution in [-0.4, -0.2) is 0 Å². The Kier molecular flexibility index (Phi) is 3.43. The van der Waals surface area contributed by atoms with Crippen LogP contribution in [0.2, 0.25) is 0 Å². The van der Waals surface area contributed by atoms with Crippen molar-refractivity contribution in [1.82, 2.24) is 0 Å². The molecule has 1 aromatic carbocycles. The van der Waals surface area contributed by atoms with E-state index in [9.17, 15) is 4.39 Å². The molecule has 1 aromatic rings. The lowest BCUT2D eigenvalue weighted by molar-refractivity contribution is 0.596. The van der Waals surface area contributed by atoms with Crippen molar-refractivity contribution in [3.8, 4) is 0 Å². The SMILES string of the molecule is CCc1cc(CN)cc(CC)c1F. The lowest BCUT2D eigenvalue weighted by Gasteiger charge is -2.08. The van der Waals surface area contributed by atoms with Gasteiger partial charge in [-0.25, -0.2) is 4.39 Å². The molecular formula is C11H16FN. The van der Waals surface area contributed by atoms with Crippen LogP contribution in [0.15, 0.2) is 12.1 Å². The van der Waals surface area contributed by atoms with Crippen LogP contribution in [0.1, 0.15) is 30.5 Å². The van der Waals surface area contributed by atoms with Crippen molar-refractivity contribution < 1.29 is 4.39 Å². The molecule has 0 amide bonds. The quantitative estimate of drug-likeness (QED) is 0.761. The fourth-order valence-electron chi connectivity index (χ4n) is 1.45. The molecule has 0 aliphatic heterocycles. The Bertz CT molecular complexity index is 269. The van der Waals surface area contributed by atoms with Crippen molar-refractivity contribution in [3.63, 3.8) is 0 Å². The van der Waals surface area contributed by atoms with Crippen LogP contribution in [0.5, 0.6) is 0 Å². The number of benzene rings is 1. The summed E-state index contributed by atoms with van der Waals surface area (Å²) in [5, 5.41) is 0. The summed E-state index contributed by atoms with van der Waals surface area (Å²) in [5.41, 5.74) is 8.10. The molecule has 0 aliphatic rings. The molecule has 0 unspecified atom stereocenters. The first-order valence-electron chi connectivity index (χ1n) is 4.73. The normalized spacial score (nSPS) is 10.5. The number of hydrogen-bond donors (Lipinski definition) is 1. The van der Waals surface area contributed by atoms with Crippen LogP contribution in [0.25, 0.3) is 0 Å². The summed E-state index contributed by atoms with van der Waals surface area (Å²) in [6.07, 6.45) is 1.46. The van der Waals surface area contributed by atoms with Crippen LogP contribution in [0, 0.1) is 5.82 Å². The maximum absolute atomic E-state index is 13.5. The molecule has 0 spiro atoms. The summed E-state index contributed by atoms with van der Waals surface area (Å²) in [4.78, 5) is 0. The predicted molar refractivity (Wildman–Crippen MR) is 53.0 cm³/mol. The third-order valence-corrected chi connectivity index (χ3v) is 2.28. The minimum Gasteiger partial charge on any atom is -0.326 e. The third-order valence-electron chi connectivity index (χ3n) is 2.28. The van der Waals surface area contributed by atoms with Crippen LogP contribution < -0.4 is 5.73 Å². The molecule has 0 atom stereocenters. The zero-order chi connectivity index (χ0) is 9.84. The minimum absolute atomic E-state index is 0.0535. The number of nitrogens with two attached hydrogens (primary N) is 1. The van der Waals surface area contributed by atoms with E-state index < -0.39 is 0 Å². The van der Waals surface area contributed by atoms with Crippen molar-refractivity contribution in [1.29, 1.82) is 0 Å². The van der Waals surface area contributed by atoms with Gasteiger partial charge in [0.05, 0.1) is 0 Å². The van der Waals surface area contributed by atoms with E-state index in [-0.39, 0.29) is 5.82 Å². The highest BCUT2D eigenvalue weighted by atomic mass is 19.1. The molecule has 72 valence electrons. The molecule has 1 nitrogen and oxygen atoms in total. The minimum atomic E-state index is -0.0535. The Hall–Kier alpha value is -0.890. The van der Waals surface area contributed by atoms with E-state index >= 15 is 0 Å². The van der Waals surface area contributed by atoms with E-state index in [2.05, 4.69) is 0 Å². The van der Waals surface area contributed by atoms with Crippen LogP contribution in [0.3, 0.4) is 0 Å². The topological polar surface area (TPSA) is 26.0 Å². The molecule has 0 saturated carbocycles. The van der Waals surface area contributed by atoms with Gasteiger partial charge in [0.25, 0.3) is 0 Å². The summed E-state index contributed by atoms with van der Waals surface area (Å²) >= 11 is 0. The van der Waals surface area contributed by atoms with Crippen molar-refractivity contribution in [3.05, 3.63) is 34.6 Å². The summed E-state index contributed by atoms with van der Waals surface area (Å²) in [6, 6.07) is 3.71. The fraction of sp³-hybridized carbons (Fsp3) is 0.455. The molecule has 0 aromatic heterocycles. The first-order valence-corrected chi connectivity index (χ1v) is 4.73. The van der Waals surface area contributed by atoms with Gasteiger partial charge in [0.1, 0.15) is 5.82 Å². The smallest absolute Gasteiger partial charge is 0.129 e. The number of rotatable bonds is 3. The number of aryl methyl sites for hydroxylation is 2. The Morgan fingerprint density at radius 3 is 1.92 bits per heavy atom. The van der Waals surface area contributed by atoms with Gasteiger partial charge >= 0.3 is 0 Å². The summed E-state index contributed by atoms with van der Waals surface area (Å²) in [7, 11) is 0. The molecule has 0 aliphatic carbocycles. The van der Waals surface area contributed by atoms with Crippen LogP contribution in [-0.2, 0) is 19.4 Å². The molecule has 1 rings (SSSR count). The molecule has 0 radical (unpaired) electrons. The Morgan fingerprint density at radius 1 is 1.15 bits per heavy atom. The molecule has 0 bridgehead atoms. The summed E-state index contributed by atoms with van der Waals surface area (Å²) < 4.78 is 13.5. The van der Waals surface area contributed by atoms with E-state index in [0.29, 0.717) is 6.54 Å². The lowest BCUT2D eigenvalue weighted by atomic mass is 10.0. The molecule has 0 saturated heterocycles. The predicted octanol–water partition coefficient (Wildman–Crippen LogP) is 2.41. The average molecular weight is 181 g/mol. The van der Waals surface area contributed by atoms with Gasteiger partial charge in [0, 0.05) is 6.54 Å². The molecule has 2 heteroatoms. The summed E-state index contributed by atoms with van der Waals surface area (Å²) in [6.45, 7) is 4.40. The van der Waals surface area contributed by atoms with E-state index in [0.717, 1.165) is 29.5 Å². The van der Waals surface area contributed by atoms with E-state index in [1.807, 2.05) is 26.0 Å². The molecule has 2 N–H and O–H groups in total. The second-order valence-corrected chi connectivity index (χ2v) is 3.14. The largest absolute Gasteiger partial charge is 0.326 e. The van der Waals surface area contributed by atoms with Crippen molar-refractivity contribution in [2.75, 3.05) is 0 Å². The number of hydrogen-bond acceptors (Lipinski definition) is 1. The van der Waals surface area contributed by atoms with E-state index in [1.165, 1.54) is 0 Å². The van der Waals surface area contributed by atoms with Gasteiger partial charge in [-0.15, -0.1) is 0 Å². The Balaban J connectivity index is 3.20. The zero-order valence-electron chi connectivity index (χ0n) is 8.23. The highest BCUT2D eigenvalue weighted by Gasteiger charge is 2.07. The third kappa shape index (κ3) is 2.07. The highest BCUT2D eigenvalue weighted by molar-refractivity contribution is 5.32. The Morgan fingerprint density at radius 2 is 1.62 bits per heavy atom. The van der Waals surface area contributed by atoms with Gasteiger partial charge in [0.2, 0.25) is 0 Å². The zero-order valence-corrected chi connectivity index (χ0v) is 8.23. The van der Waals surface area contributed by atoms with Gasteiger partial charge in [-0.2, -0.15) is 0 Å². The first-order chi connectivity index (χ1) is 6.22. The van der Waals surface area contributed by atoms with E-state index in [4.69, 9.17) is 5.73 Å². The molecule has 0 fully saturated rings. The van der Waals surface area contributed by atoms with Gasteiger partial charge in [-0.3, -0.25) is 0 Å². The molecule has 0 heterocycles. The monoisotopic (exact) mass is 181 g/mol. The van der Waals surface area contributed by atoms with Crippen LogP contribution >= 0.6 is 0 Å². The number of halogens is 1. The van der Waals surface area contributed by atoms with Crippen LogP contribution in [0.4, 0.5) is 4.39 Å². The fourth-order valence-corrected chi connectivity index (χ4v) is 1.45. The average Bonchev–Trinajstić information content (AvgIpc) is 2.18. The molecule has 13 heavy (non-hydrogen) atoms. The maximum Gasteiger partial charge on any atom is 0.129 e. The van der Waals surface area contributed by atoms with Crippen molar-refractivity contribution in [2.45, 2.75) is 33.2 Å². The van der Waals surface area contributed by atoms with Crippen molar-refractivity contribution >= 4 is 0 Å². The highest BCUT2D eigenvalue weighted by Crippen LogP contribution is 2.17. The standard InChI is InChI=1S/C11H16FN/c1-3-9-5-8(7-13)6-10(4-2)11(9)12/h5-6H,3-4,7,13H2,1-2H3. The maximum atomic E-state index is 13.5. The summed E-state index contributed by atoms with van der Waals surface area (Å²) in [5.74, 6) is -0.0535. The van der Waals surface area contributed by atoms with Gasteiger partial charge in [-0.05, 0) is 29.5 Å². The van der Waals surface area contributed by atoms with E-state index in [1.54, 1.807) is 0 Å². The molecular weight excluding hydrogens is 165 g/mol. The Labute approximate surface area is 78.8 Å².